The normalized spacial score (nSPS) is 16.4. The summed E-state index contributed by atoms with van der Waals surface area (Å²) in [6.07, 6.45) is 7.88. The molecule has 1 amide bonds. The molecule has 1 aromatic rings. The minimum absolute atomic E-state index is 0.0868. The fraction of sp³-hybridized carbons (Fsp3) is 0.759. The van der Waals surface area contributed by atoms with Crippen LogP contribution in [0, 0.1) is 11.8 Å². The molecule has 1 N–H and O–H groups in total. The molecule has 182 valence electrons. The number of carbonyl (C=O) groups is 1. The van der Waals surface area contributed by atoms with Crippen molar-refractivity contribution < 1.29 is 4.79 Å². The van der Waals surface area contributed by atoms with Crippen LogP contribution in [0.15, 0.2) is 18.2 Å². The topological polar surface area (TPSA) is 32.3 Å². The number of nitrogens with one attached hydrogen (secondary N) is 1. The molecule has 0 aliphatic carbocycles. The first-order valence-corrected chi connectivity index (χ1v) is 13.3. The van der Waals surface area contributed by atoms with Crippen LogP contribution in [0.25, 0.3) is 0 Å². The Morgan fingerprint density at radius 1 is 1.03 bits per heavy atom. The van der Waals surface area contributed by atoms with Crippen molar-refractivity contribution in [2.75, 3.05) is 6.54 Å². The third kappa shape index (κ3) is 7.33. The van der Waals surface area contributed by atoms with E-state index in [9.17, 15) is 4.79 Å². The Bertz CT molecular complexity index is 712. The molecule has 3 nitrogen and oxygen atoms in total. The third-order valence-corrected chi connectivity index (χ3v) is 7.30. The van der Waals surface area contributed by atoms with Gasteiger partial charge in [-0.15, -0.1) is 0 Å². The highest BCUT2D eigenvalue weighted by atomic mass is 16.2. The largest absolute Gasteiger partial charge is 0.338 e. The van der Waals surface area contributed by atoms with Crippen molar-refractivity contribution in [1.82, 2.24) is 10.2 Å². The molecule has 0 saturated heterocycles. The van der Waals surface area contributed by atoms with E-state index in [2.05, 4.69) is 83.8 Å². The average Bonchev–Trinajstić information content (AvgIpc) is 2.74. The lowest BCUT2D eigenvalue weighted by molar-refractivity contribution is -0.138. The van der Waals surface area contributed by atoms with Crippen molar-refractivity contribution in [2.45, 2.75) is 124 Å². The van der Waals surface area contributed by atoms with Crippen LogP contribution in [-0.4, -0.2) is 29.4 Å². The molecule has 0 fully saturated rings. The van der Waals surface area contributed by atoms with Gasteiger partial charge in [0.15, 0.2) is 0 Å². The third-order valence-electron chi connectivity index (χ3n) is 7.30. The van der Waals surface area contributed by atoms with E-state index in [1.54, 1.807) is 0 Å². The van der Waals surface area contributed by atoms with Crippen LogP contribution in [0.3, 0.4) is 0 Å². The van der Waals surface area contributed by atoms with Gasteiger partial charge in [0, 0.05) is 31.1 Å². The van der Waals surface area contributed by atoms with Crippen LogP contribution < -0.4 is 5.32 Å². The van der Waals surface area contributed by atoms with Gasteiger partial charge < -0.3 is 10.2 Å². The fourth-order valence-corrected chi connectivity index (χ4v) is 5.10. The van der Waals surface area contributed by atoms with Crippen molar-refractivity contribution in [2.24, 2.45) is 11.8 Å². The zero-order valence-electron chi connectivity index (χ0n) is 22.3. The standard InChI is InChI=1S/C29H50N2O/c1-9-12-26(13-10-2)30-25(11-3)19-27(21(4)5)28(32)31-17-16-22-14-15-24(29(6,7)8)18-23(22)20-31/h14-15,18,21,25-27,30H,9-13,16-17,19-20H2,1-8H3/t25-,27?/m1/s1. The lowest BCUT2D eigenvalue weighted by Crippen LogP contribution is -2.45. The summed E-state index contributed by atoms with van der Waals surface area (Å²) in [5.41, 5.74) is 4.25. The number of hydrogen-bond acceptors (Lipinski definition) is 2. The molecular formula is C29H50N2O. The molecule has 1 aromatic carbocycles. The van der Waals surface area contributed by atoms with E-state index in [-0.39, 0.29) is 11.3 Å². The Hall–Kier alpha value is -1.35. The number of amides is 1. The SMILES string of the molecule is CCCC(CCC)N[C@H](CC)CC(C(=O)N1CCc2ccc(C(C)(C)C)cc2C1)C(C)C. The van der Waals surface area contributed by atoms with Gasteiger partial charge in [-0.2, -0.15) is 0 Å². The first-order valence-electron chi connectivity index (χ1n) is 13.3. The Labute approximate surface area is 198 Å². The minimum Gasteiger partial charge on any atom is -0.338 e. The second kappa shape index (κ2) is 12.2. The van der Waals surface area contributed by atoms with Crippen molar-refractivity contribution in [3.8, 4) is 0 Å². The number of hydrogen-bond donors (Lipinski definition) is 1. The second-order valence-electron chi connectivity index (χ2n) is 11.4. The van der Waals surface area contributed by atoms with Crippen LogP contribution in [0.1, 0.15) is 111 Å². The monoisotopic (exact) mass is 442 g/mol. The lowest BCUT2D eigenvalue weighted by atomic mass is 9.83. The van der Waals surface area contributed by atoms with Gasteiger partial charge in [0.05, 0.1) is 0 Å². The molecule has 1 aliphatic rings. The molecule has 0 bridgehead atoms. The van der Waals surface area contributed by atoms with Gasteiger partial charge in [-0.1, -0.05) is 86.4 Å². The highest BCUT2D eigenvalue weighted by molar-refractivity contribution is 5.79. The number of rotatable bonds is 11. The van der Waals surface area contributed by atoms with Gasteiger partial charge in [0.2, 0.25) is 5.91 Å². The van der Waals surface area contributed by atoms with Crippen LogP contribution >= 0.6 is 0 Å². The Morgan fingerprint density at radius 3 is 2.22 bits per heavy atom. The zero-order chi connectivity index (χ0) is 23.9. The lowest BCUT2D eigenvalue weighted by Gasteiger charge is -2.36. The average molecular weight is 443 g/mol. The molecule has 1 aliphatic heterocycles. The first kappa shape index (κ1) is 26.9. The Kier molecular flexibility index (Phi) is 10.3. The van der Waals surface area contributed by atoms with E-state index in [4.69, 9.17) is 0 Å². The van der Waals surface area contributed by atoms with E-state index < -0.39 is 0 Å². The fourth-order valence-electron chi connectivity index (χ4n) is 5.10. The van der Waals surface area contributed by atoms with Gasteiger partial charge in [0.1, 0.15) is 0 Å². The number of nitrogens with zero attached hydrogens (tertiary/aromatic N) is 1. The Balaban J connectivity index is 2.12. The summed E-state index contributed by atoms with van der Waals surface area (Å²) in [6, 6.07) is 7.90. The molecule has 32 heavy (non-hydrogen) atoms. The van der Waals surface area contributed by atoms with E-state index in [1.807, 2.05) is 0 Å². The van der Waals surface area contributed by atoms with E-state index >= 15 is 0 Å². The summed E-state index contributed by atoms with van der Waals surface area (Å²) in [6.45, 7) is 19.6. The van der Waals surface area contributed by atoms with E-state index in [0.717, 1.165) is 32.4 Å². The molecule has 0 saturated carbocycles. The molecule has 2 atom stereocenters. The summed E-state index contributed by atoms with van der Waals surface area (Å²) < 4.78 is 0. The van der Waals surface area contributed by atoms with Crippen molar-refractivity contribution in [1.29, 1.82) is 0 Å². The summed E-state index contributed by atoms with van der Waals surface area (Å²) >= 11 is 0. The van der Waals surface area contributed by atoms with Gasteiger partial charge in [0.25, 0.3) is 0 Å². The van der Waals surface area contributed by atoms with Crippen LogP contribution in [-0.2, 0) is 23.2 Å². The molecule has 0 aromatic heterocycles. The van der Waals surface area contributed by atoms with Crippen molar-refractivity contribution in [3.63, 3.8) is 0 Å². The van der Waals surface area contributed by atoms with Gasteiger partial charge in [-0.05, 0) is 60.1 Å². The van der Waals surface area contributed by atoms with Gasteiger partial charge in [-0.3, -0.25) is 4.79 Å². The van der Waals surface area contributed by atoms with Crippen molar-refractivity contribution in [3.05, 3.63) is 34.9 Å². The summed E-state index contributed by atoms with van der Waals surface area (Å²) in [5, 5.41) is 3.92. The summed E-state index contributed by atoms with van der Waals surface area (Å²) in [4.78, 5) is 15.9. The molecule has 1 heterocycles. The second-order valence-corrected chi connectivity index (χ2v) is 11.4. The van der Waals surface area contributed by atoms with Crippen LogP contribution in [0.5, 0.6) is 0 Å². The predicted octanol–water partition coefficient (Wildman–Crippen LogP) is 6.87. The molecular weight excluding hydrogens is 392 g/mol. The van der Waals surface area contributed by atoms with Crippen LogP contribution in [0.2, 0.25) is 0 Å². The number of benzene rings is 1. The van der Waals surface area contributed by atoms with Gasteiger partial charge in [-0.25, -0.2) is 0 Å². The minimum atomic E-state index is 0.0868. The Morgan fingerprint density at radius 2 is 1.69 bits per heavy atom. The first-order chi connectivity index (χ1) is 15.1. The summed E-state index contributed by atoms with van der Waals surface area (Å²) in [5.74, 6) is 0.801. The maximum absolute atomic E-state index is 13.7. The number of carbonyl (C=O) groups excluding carboxylic acids is 1. The molecule has 1 unspecified atom stereocenters. The molecule has 0 spiro atoms. The molecule has 3 heteroatoms. The van der Waals surface area contributed by atoms with Gasteiger partial charge >= 0.3 is 0 Å². The van der Waals surface area contributed by atoms with Crippen LogP contribution in [0.4, 0.5) is 0 Å². The maximum atomic E-state index is 13.7. The number of fused-ring (bicyclic) bond motifs is 1. The summed E-state index contributed by atoms with van der Waals surface area (Å²) in [7, 11) is 0. The quantitative estimate of drug-likeness (QED) is 0.405. The predicted molar refractivity (Wildman–Crippen MR) is 138 cm³/mol. The van der Waals surface area contributed by atoms with Crippen molar-refractivity contribution >= 4 is 5.91 Å². The maximum Gasteiger partial charge on any atom is 0.226 e. The highest BCUT2D eigenvalue weighted by Gasteiger charge is 2.32. The highest BCUT2D eigenvalue weighted by Crippen LogP contribution is 2.30. The zero-order valence-corrected chi connectivity index (χ0v) is 22.3. The molecule has 0 radical (unpaired) electrons. The smallest absolute Gasteiger partial charge is 0.226 e. The van der Waals surface area contributed by atoms with E-state index in [1.165, 1.54) is 42.4 Å². The molecule has 2 rings (SSSR count). The van der Waals surface area contributed by atoms with E-state index in [0.29, 0.717) is 23.9 Å².